The van der Waals surface area contributed by atoms with E-state index < -0.39 is 9.24 Å². The molecule has 0 aliphatic carbocycles. The molecule has 6 rings (SSSR count). The molecule has 250 valence electrons. The molecule has 0 aromatic heterocycles. The van der Waals surface area contributed by atoms with E-state index in [2.05, 4.69) is 72.8 Å². The van der Waals surface area contributed by atoms with Gasteiger partial charge in [-0.15, -0.1) is 0 Å². The van der Waals surface area contributed by atoms with Crippen molar-refractivity contribution in [2.45, 2.75) is 64.8 Å². The number of hydrogen-bond acceptors (Lipinski definition) is 6. The van der Waals surface area contributed by atoms with Crippen LogP contribution in [-0.4, -0.2) is 17.3 Å². The van der Waals surface area contributed by atoms with Gasteiger partial charge in [0.2, 0.25) is 0 Å². The van der Waals surface area contributed by atoms with E-state index in [4.69, 9.17) is 10.7 Å². The number of ketones is 3. The summed E-state index contributed by atoms with van der Waals surface area (Å²) >= 11 is 4.92. The molecule has 8 heteroatoms. The average Bonchev–Trinajstić information content (AvgIpc) is 3.13. The second-order valence-electron chi connectivity index (χ2n) is 11.5. The van der Waals surface area contributed by atoms with Crippen LogP contribution in [0, 0.1) is 0 Å². The minimum absolute atomic E-state index is 0.0530. The van der Waals surface area contributed by atoms with Crippen LogP contribution in [-0.2, 0) is 0 Å². The quantitative estimate of drug-likeness (QED) is 0.116. The zero-order valence-electron chi connectivity index (χ0n) is 27.6. The molecule has 0 aliphatic heterocycles. The number of carbonyl (C=O) groups is 3. The predicted octanol–water partition coefficient (Wildman–Crippen LogP) is 13.2. The number of rotatable bonds is 12. The van der Waals surface area contributed by atoms with Crippen LogP contribution in [0.15, 0.2) is 190 Å². The maximum absolute atomic E-state index is 11.7. The van der Waals surface area contributed by atoms with Gasteiger partial charge in [-0.3, -0.25) is 14.4 Å². The lowest BCUT2D eigenvalue weighted by Crippen LogP contribution is -1.97. The molecule has 50 heavy (non-hydrogen) atoms. The summed E-state index contributed by atoms with van der Waals surface area (Å²) in [5.74, 6) is 0.159. The Morgan fingerprint density at radius 1 is 0.360 bits per heavy atom. The monoisotopic (exact) mass is 748 g/mol. The number of hydrogen-bond donors (Lipinski definition) is 0. The molecule has 0 bridgehead atoms. The Kier molecular flexibility index (Phi) is 11.4. The number of Topliss-reactive ketones (excluding diaryl/α,β-unsaturated/α-hetero) is 3. The molecule has 0 amide bonds. The van der Waals surface area contributed by atoms with Gasteiger partial charge in [-0.1, -0.05) is 91.6 Å². The van der Waals surface area contributed by atoms with Crippen molar-refractivity contribution in [2.24, 2.45) is 0 Å². The van der Waals surface area contributed by atoms with E-state index in [0.717, 1.165) is 44.1 Å². The third-order valence-corrected chi connectivity index (χ3v) is 15.4. The van der Waals surface area contributed by atoms with Crippen LogP contribution in [0.25, 0.3) is 0 Å². The Hall–Kier alpha value is -3.98. The highest BCUT2D eigenvalue weighted by Crippen LogP contribution is 2.72. The second kappa shape index (κ2) is 15.9. The minimum atomic E-state index is -2.16. The van der Waals surface area contributed by atoms with Gasteiger partial charge in [0, 0.05) is 60.7 Å². The molecule has 0 radical (unpaired) electrons. The fourth-order valence-electron chi connectivity index (χ4n) is 5.18. The van der Waals surface area contributed by atoms with Crippen LogP contribution in [0.5, 0.6) is 0 Å². The van der Waals surface area contributed by atoms with E-state index >= 15 is 0 Å². The number of benzene rings is 6. The Balaban J connectivity index is 1.29. The molecular weight excluding hydrogens is 716 g/mol. The largest absolute Gasteiger partial charge is 0.295 e. The van der Waals surface area contributed by atoms with E-state index in [1.807, 2.05) is 72.8 Å². The van der Waals surface area contributed by atoms with Gasteiger partial charge in [-0.2, -0.15) is 0 Å². The van der Waals surface area contributed by atoms with Crippen molar-refractivity contribution < 1.29 is 14.4 Å². The standard InChI is InChI=1S/C42H33ClO3S4/c1-28(44)31-4-10-34(11-5-31)47-37-16-22-40(23-17-37)50(43,41-24-18-38(19-25-41)48-35-12-6-32(7-13-35)29(2)45)42-26-20-39(21-27-42)49-36-14-8-33(9-15-36)30(3)46/h4-27H,1-3H3. The summed E-state index contributed by atoms with van der Waals surface area (Å²) in [5, 5.41) is 0. The molecule has 0 fully saturated rings. The molecule has 0 saturated heterocycles. The van der Waals surface area contributed by atoms with Gasteiger partial charge in [0.25, 0.3) is 0 Å². The highest BCUT2D eigenvalue weighted by Gasteiger charge is 2.29. The molecule has 0 saturated carbocycles. The van der Waals surface area contributed by atoms with Crippen LogP contribution in [0.2, 0.25) is 0 Å². The van der Waals surface area contributed by atoms with Crippen LogP contribution in [0.1, 0.15) is 51.8 Å². The summed E-state index contributed by atoms with van der Waals surface area (Å²) in [4.78, 5) is 44.6. The van der Waals surface area contributed by atoms with E-state index in [1.54, 1.807) is 56.1 Å². The van der Waals surface area contributed by atoms with Gasteiger partial charge in [-0.05, 0) is 130 Å². The van der Waals surface area contributed by atoms with Crippen molar-refractivity contribution in [1.29, 1.82) is 0 Å². The first-order valence-corrected chi connectivity index (χ1v) is 20.7. The zero-order valence-corrected chi connectivity index (χ0v) is 31.6. The average molecular weight is 749 g/mol. The fourth-order valence-corrected chi connectivity index (χ4v) is 10.9. The Labute approximate surface area is 312 Å². The van der Waals surface area contributed by atoms with Gasteiger partial charge in [0.05, 0.1) is 0 Å². The molecule has 0 atom stereocenters. The molecule has 6 aromatic carbocycles. The Morgan fingerprint density at radius 2 is 0.540 bits per heavy atom. The lowest BCUT2D eigenvalue weighted by molar-refractivity contribution is 0.100. The van der Waals surface area contributed by atoms with Crippen molar-refractivity contribution in [3.8, 4) is 0 Å². The van der Waals surface area contributed by atoms with Crippen molar-refractivity contribution in [2.75, 3.05) is 0 Å². The maximum atomic E-state index is 11.7. The first-order chi connectivity index (χ1) is 24.1. The predicted molar refractivity (Wildman–Crippen MR) is 209 cm³/mol. The summed E-state index contributed by atoms with van der Waals surface area (Å²) in [6.45, 7) is 4.72. The van der Waals surface area contributed by atoms with E-state index in [1.165, 1.54) is 0 Å². The van der Waals surface area contributed by atoms with Gasteiger partial charge in [-0.25, -0.2) is 0 Å². The lowest BCUT2D eigenvalue weighted by atomic mass is 10.2. The van der Waals surface area contributed by atoms with Crippen LogP contribution in [0.3, 0.4) is 0 Å². The Bertz CT molecular complexity index is 1880. The normalized spacial score (nSPS) is 11.6. The molecule has 6 aromatic rings. The summed E-state index contributed by atoms with van der Waals surface area (Å²) in [6, 6.07) is 48.3. The minimum Gasteiger partial charge on any atom is -0.295 e. The third-order valence-electron chi connectivity index (χ3n) is 7.94. The molecule has 0 heterocycles. The van der Waals surface area contributed by atoms with Gasteiger partial charge >= 0.3 is 0 Å². The first kappa shape index (κ1) is 35.8. The first-order valence-electron chi connectivity index (χ1n) is 15.8. The van der Waals surface area contributed by atoms with Crippen molar-refractivity contribution in [3.05, 3.63) is 162 Å². The SMILES string of the molecule is CC(=O)c1ccc(Sc2ccc(S(Cl)(c3ccc(Sc4ccc(C(C)=O)cc4)cc3)c3ccc(Sc4ccc(C(C)=O)cc4)cc3)cc2)cc1. The Morgan fingerprint density at radius 3 is 0.720 bits per heavy atom. The molecule has 0 aliphatic rings. The van der Waals surface area contributed by atoms with Crippen LogP contribution < -0.4 is 0 Å². The van der Waals surface area contributed by atoms with Gasteiger partial charge in [0.15, 0.2) is 17.3 Å². The molecule has 0 spiro atoms. The molecule has 3 nitrogen and oxygen atoms in total. The summed E-state index contributed by atoms with van der Waals surface area (Å²) < 4.78 is 0. The van der Waals surface area contributed by atoms with Crippen molar-refractivity contribution >= 4 is 72.6 Å². The van der Waals surface area contributed by atoms with Gasteiger partial charge < -0.3 is 0 Å². The summed E-state index contributed by atoms with van der Waals surface area (Å²) in [6.07, 6.45) is 0. The van der Waals surface area contributed by atoms with E-state index in [-0.39, 0.29) is 17.3 Å². The summed E-state index contributed by atoms with van der Waals surface area (Å²) in [7, 11) is 5.70. The highest BCUT2D eigenvalue weighted by molar-refractivity contribution is 8.51. The lowest BCUT2D eigenvalue weighted by Gasteiger charge is -2.34. The fraction of sp³-hybridized carbons (Fsp3) is 0.0714. The highest BCUT2D eigenvalue weighted by atomic mass is 35.7. The zero-order chi connectivity index (χ0) is 35.3. The smallest absolute Gasteiger partial charge is 0.159 e. The maximum Gasteiger partial charge on any atom is 0.159 e. The van der Waals surface area contributed by atoms with Gasteiger partial charge in [0.1, 0.15) is 0 Å². The number of carbonyl (C=O) groups excluding carboxylic acids is 3. The summed E-state index contributed by atoms with van der Waals surface area (Å²) in [5.41, 5.74) is 2.10. The number of halogens is 1. The second-order valence-corrected chi connectivity index (χ2v) is 18.8. The topological polar surface area (TPSA) is 51.2 Å². The van der Waals surface area contributed by atoms with E-state index in [0.29, 0.717) is 16.7 Å². The molecular formula is C42H33ClO3S4. The molecule has 0 unspecified atom stereocenters. The van der Waals surface area contributed by atoms with Crippen molar-refractivity contribution in [1.82, 2.24) is 0 Å². The third kappa shape index (κ3) is 8.48. The van der Waals surface area contributed by atoms with E-state index in [9.17, 15) is 14.4 Å². The van der Waals surface area contributed by atoms with Crippen LogP contribution in [0.4, 0.5) is 0 Å². The molecule has 0 N–H and O–H groups in total. The van der Waals surface area contributed by atoms with Crippen molar-refractivity contribution in [3.63, 3.8) is 0 Å². The van der Waals surface area contributed by atoms with Crippen LogP contribution >= 0.6 is 55.2 Å².